The van der Waals surface area contributed by atoms with Crippen LogP contribution in [0.2, 0.25) is 0 Å². The minimum Gasteiger partial charge on any atom is -0.493 e. The number of nitrogens with zero attached hydrogens (tertiary/aromatic N) is 1. The number of nitrogens with one attached hydrogen (secondary N) is 2. The van der Waals surface area contributed by atoms with Gasteiger partial charge in [-0.05, 0) is 42.0 Å². The fourth-order valence-electron chi connectivity index (χ4n) is 4.32. The van der Waals surface area contributed by atoms with Gasteiger partial charge in [-0.3, -0.25) is 19.3 Å². The van der Waals surface area contributed by atoms with Crippen molar-refractivity contribution < 1.29 is 28.6 Å². The van der Waals surface area contributed by atoms with Gasteiger partial charge in [-0.1, -0.05) is 36.4 Å². The second kappa shape index (κ2) is 13.1. The summed E-state index contributed by atoms with van der Waals surface area (Å²) >= 11 is 1.28. The number of carbonyl (C=O) groups excluding carboxylic acids is 3. The summed E-state index contributed by atoms with van der Waals surface area (Å²) in [7, 11) is 3.02. The van der Waals surface area contributed by atoms with Gasteiger partial charge in [-0.2, -0.15) is 0 Å². The van der Waals surface area contributed by atoms with E-state index >= 15 is 0 Å². The second-order valence-electron chi connectivity index (χ2n) is 8.66. The van der Waals surface area contributed by atoms with Crippen LogP contribution in [0.1, 0.15) is 34.1 Å². The number of carbonyl (C=O) groups is 3. The van der Waals surface area contributed by atoms with E-state index in [1.165, 1.54) is 30.5 Å². The van der Waals surface area contributed by atoms with Crippen LogP contribution in [0.25, 0.3) is 0 Å². The van der Waals surface area contributed by atoms with E-state index in [1.54, 1.807) is 47.8 Å². The molecule has 4 rings (SSSR count). The number of hydrogen-bond acceptors (Lipinski definition) is 7. The highest BCUT2D eigenvalue weighted by Crippen LogP contribution is 2.35. The van der Waals surface area contributed by atoms with Crippen LogP contribution in [0.15, 0.2) is 66.0 Å². The Morgan fingerprint density at radius 2 is 1.82 bits per heavy atom. The van der Waals surface area contributed by atoms with Crippen LogP contribution in [0.3, 0.4) is 0 Å². The lowest BCUT2D eigenvalue weighted by Crippen LogP contribution is -2.48. The van der Waals surface area contributed by atoms with Crippen LogP contribution in [0, 0.1) is 0 Å². The molecule has 2 N–H and O–H groups in total. The standard InChI is InChI=1S/C28H31N3O6S/c1-35-22-13-12-20(16-23(22)36-2)31(25(32)18-30-27(33)24-11-7-15-38-24)26(19-8-4-3-5-9-19)28(34)29-17-21-10-6-14-37-21/h3-5,7-9,11-13,15-16,21,26H,6,10,14,17-18H2,1-2H3,(H,29,34)(H,30,33)/t21-,26-/m0/s1. The third-order valence-corrected chi connectivity index (χ3v) is 7.08. The van der Waals surface area contributed by atoms with Gasteiger partial charge in [0.25, 0.3) is 5.91 Å². The summed E-state index contributed by atoms with van der Waals surface area (Å²) in [4.78, 5) is 42.0. The number of methoxy groups -OCH3 is 2. The number of anilines is 1. The zero-order valence-corrected chi connectivity index (χ0v) is 22.2. The summed E-state index contributed by atoms with van der Waals surface area (Å²) in [6.45, 7) is 0.696. The van der Waals surface area contributed by atoms with Crippen LogP contribution in [0.4, 0.5) is 5.69 Å². The first-order chi connectivity index (χ1) is 18.5. The highest BCUT2D eigenvalue weighted by atomic mass is 32.1. The summed E-state index contributed by atoms with van der Waals surface area (Å²) in [5.74, 6) is -0.312. The SMILES string of the molecule is COc1ccc(N(C(=O)CNC(=O)c2cccs2)[C@H](C(=O)NC[C@@H]2CCCO2)c2ccccc2)cc1OC. The van der Waals surface area contributed by atoms with Crippen molar-refractivity contribution in [1.29, 1.82) is 0 Å². The second-order valence-corrected chi connectivity index (χ2v) is 9.60. The monoisotopic (exact) mass is 537 g/mol. The molecule has 9 nitrogen and oxygen atoms in total. The van der Waals surface area contributed by atoms with Gasteiger partial charge in [-0.15, -0.1) is 11.3 Å². The third kappa shape index (κ3) is 6.51. The maximum atomic E-state index is 13.8. The van der Waals surface area contributed by atoms with Crippen molar-refractivity contribution in [3.63, 3.8) is 0 Å². The molecular weight excluding hydrogens is 506 g/mol. The molecule has 1 aromatic heterocycles. The molecule has 1 saturated heterocycles. The van der Waals surface area contributed by atoms with E-state index in [0.717, 1.165) is 12.8 Å². The van der Waals surface area contributed by atoms with Crippen LogP contribution in [-0.2, 0) is 14.3 Å². The normalized spacial score (nSPS) is 15.4. The van der Waals surface area contributed by atoms with Gasteiger partial charge in [0.05, 0.1) is 31.7 Å². The molecule has 1 aliphatic rings. The first-order valence-corrected chi connectivity index (χ1v) is 13.2. The molecule has 0 unspecified atom stereocenters. The molecule has 0 saturated carbocycles. The minimum absolute atomic E-state index is 0.0642. The topological polar surface area (TPSA) is 106 Å². The molecule has 0 radical (unpaired) electrons. The lowest BCUT2D eigenvalue weighted by molar-refractivity contribution is -0.126. The number of rotatable bonds is 11. The van der Waals surface area contributed by atoms with E-state index in [4.69, 9.17) is 14.2 Å². The summed E-state index contributed by atoms with van der Waals surface area (Å²) in [5.41, 5.74) is 1.03. The van der Waals surface area contributed by atoms with Gasteiger partial charge < -0.3 is 24.8 Å². The first-order valence-electron chi connectivity index (χ1n) is 12.3. The number of amides is 3. The minimum atomic E-state index is -1.01. The van der Waals surface area contributed by atoms with E-state index in [9.17, 15) is 14.4 Å². The van der Waals surface area contributed by atoms with Crippen LogP contribution < -0.4 is 25.0 Å². The largest absolute Gasteiger partial charge is 0.493 e. The number of thiophene rings is 1. The predicted molar refractivity (Wildman–Crippen MR) is 145 cm³/mol. The molecule has 10 heteroatoms. The number of ether oxygens (including phenoxy) is 3. The van der Waals surface area contributed by atoms with Crippen LogP contribution in [-0.4, -0.2) is 57.7 Å². The molecule has 0 bridgehead atoms. The molecule has 0 spiro atoms. The molecule has 1 fully saturated rings. The summed E-state index contributed by atoms with van der Waals surface area (Å²) in [5, 5.41) is 7.44. The maximum absolute atomic E-state index is 13.8. The quantitative estimate of drug-likeness (QED) is 0.388. The van der Waals surface area contributed by atoms with E-state index in [1.807, 2.05) is 18.2 Å². The first kappa shape index (κ1) is 27.2. The van der Waals surface area contributed by atoms with Crippen molar-refractivity contribution >= 4 is 34.7 Å². The molecule has 3 amide bonds. The van der Waals surface area contributed by atoms with Gasteiger partial charge in [-0.25, -0.2) is 0 Å². The summed E-state index contributed by atoms with van der Waals surface area (Å²) in [6, 6.07) is 16.5. The van der Waals surface area contributed by atoms with Gasteiger partial charge in [0.1, 0.15) is 6.04 Å². The third-order valence-electron chi connectivity index (χ3n) is 6.21. The van der Waals surface area contributed by atoms with Crippen molar-refractivity contribution in [1.82, 2.24) is 10.6 Å². The average molecular weight is 538 g/mol. The molecule has 3 aromatic rings. The zero-order chi connectivity index (χ0) is 26.9. The highest BCUT2D eigenvalue weighted by Gasteiger charge is 2.34. The Kier molecular flexibility index (Phi) is 9.34. The Bertz CT molecular complexity index is 1230. The Morgan fingerprint density at radius 1 is 1.03 bits per heavy atom. The number of benzene rings is 2. The van der Waals surface area contributed by atoms with Gasteiger partial charge in [0.2, 0.25) is 11.8 Å². The molecule has 2 atom stereocenters. The van der Waals surface area contributed by atoms with E-state index in [-0.39, 0.29) is 24.5 Å². The number of hydrogen-bond donors (Lipinski definition) is 2. The summed E-state index contributed by atoms with van der Waals surface area (Å²) < 4.78 is 16.5. The lowest BCUT2D eigenvalue weighted by Gasteiger charge is -2.32. The van der Waals surface area contributed by atoms with Gasteiger partial charge >= 0.3 is 0 Å². The van der Waals surface area contributed by atoms with Crippen LogP contribution >= 0.6 is 11.3 Å². The molecule has 2 heterocycles. The Balaban J connectivity index is 1.69. The van der Waals surface area contributed by atoms with E-state index in [2.05, 4.69) is 10.6 Å². The smallest absolute Gasteiger partial charge is 0.261 e. The molecular formula is C28H31N3O6S. The molecule has 200 valence electrons. The van der Waals surface area contributed by atoms with Gasteiger partial charge in [0, 0.05) is 24.9 Å². The van der Waals surface area contributed by atoms with Crippen molar-refractivity contribution in [3.05, 3.63) is 76.5 Å². The van der Waals surface area contributed by atoms with Crippen molar-refractivity contribution in [3.8, 4) is 11.5 Å². The van der Waals surface area contributed by atoms with E-state index in [0.29, 0.717) is 40.8 Å². The zero-order valence-electron chi connectivity index (χ0n) is 21.3. The molecule has 38 heavy (non-hydrogen) atoms. The van der Waals surface area contributed by atoms with Gasteiger partial charge in [0.15, 0.2) is 11.5 Å². The predicted octanol–water partition coefficient (Wildman–Crippen LogP) is 3.56. The van der Waals surface area contributed by atoms with Crippen molar-refractivity contribution in [2.24, 2.45) is 0 Å². The lowest BCUT2D eigenvalue weighted by atomic mass is 10.0. The molecule has 1 aliphatic heterocycles. The molecule has 0 aliphatic carbocycles. The Hall–Kier alpha value is -3.89. The Morgan fingerprint density at radius 3 is 2.47 bits per heavy atom. The fraction of sp³-hybridized carbons (Fsp3) is 0.321. The fourth-order valence-corrected chi connectivity index (χ4v) is 4.96. The maximum Gasteiger partial charge on any atom is 0.261 e. The van der Waals surface area contributed by atoms with Crippen molar-refractivity contribution in [2.75, 3.05) is 38.8 Å². The Labute approximate surface area is 225 Å². The van der Waals surface area contributed by atoms with Crippen LogP contribution in [0.5, 0.6) is 11.5 Å². The average Bonchev–Trinajstić information content (AvgIpc) is 3.68. The highest BCUT2D eigenvalue weighted by molar-refractivity contribution is 7.12. The summed E-state index contributed by atoms with van der Waals surface area (Å²) in [6.07, 6.45) is 1.75. The van der Waals surface area contributed by atoms with E-state index < -0.39 is 11.9 Å². The van der Waals surface area contributed by atoms with Crippen molar-refractivity contribution in [2.45, 2.75) is 25.0 Å². The molecule has 2 aromatic carbocycles.